The summed E-state index contributed by atoms with van der Waals surface area (Å²) in [5, 5.41) is 3.44. The van der Waals surface area contributed by atoms with Gasteiger partial charge in [0, 0.05) is 29.0 Å². The molecule has 0 aliphatic carbocycles. The molecule has 3 N–H and O–H groups in total. The molecule has 0 aliphatic heterocycles. The van der Waals surface area contributed by atoms with Crippen LogP contribution in [0.5, 0.6) is 5.88 Å². The fourth-order valence-electron chi connectivity index (χ4n) is 1.93. The van der Waals surface area contributed by atoms with Crippen molar-refractivity contribution >= 4 is 21.6 Å². The molecule has 1 aromatic carbocycles. The van der Waals surface area contributed by atoms with Crippen molar-refractivity contribution in [1.82, 2.24) is 4.98 Å². The van der Waals surface area contributed by atoms with E-state index in [1.165, 1.54) is 5.56 Å². The summed E-state index contributed by atoms with van der Waals surface area (Å²) in [6.45, 7) is 2.54. The number of nitrogens with two attached hydrogens (primary N) is 1. The van der Waals surface area contributed by atoms with Gasteiger partial charge in [0.15, 0.2) is 0 Å². The number of aromatic nitrogens is 1. The standard InChI is InChI=1S/C15H18BrN3O/c1-10-3-5-12(16)13(7-10)19-14(8-17)11-4-6-15(20-2)18-9-11/h3-7,9,14,19H,8,17H2,1-2H3. The lowest BCUT2D eigenvalue weighted by molar-refractivity contribution is 0.397. The van der Waals surface area contributed by atoms with Crippen molar-refractivity contribution < 1.29 is 4.74 Å². The Labute approximate surface area is 127 Å². The van der Waals surface area contributed by atoms with E-state index in [-0.39, 0.29) is 6.04 Å². The first kappa shape index (κ1) is 14.8. The number of nitrogens with zero attached hydrogens (tertiary/aromatic N) is 1. The van der Waals surface area contributed by atoms with Gasteiger partial charge in [-0.25, -0.2) is 4.98 Å². The zero-order chi connectivity index (χ0) is 14.5. The van der Waals surface area contributed by atoms with Gasteiger partial charge in [-0.05, 0) is 46.1 Å². The van der Waals surface area contributed by atoms with Crippen LogP contribution < -0.4 is 15.8 Å². The molecule has 106 valence electrons. The Hall–Kier alpha value is -1.59. The Bertz CT molecular complexity index is 572. The molecule has 0 aliphatic rings. The Morgan fingerprint density at radius 2 is 2.15 bits per heavy atom. The highest BCUT2D eigenvalue weighted by Crippen LogP contribution is 2.27. The topological polar surface area (TPSA) is 60.2 Å². The number of rotatable bonds is 5. The molecule has 4 nitrogen and oxygen atoms in total. The fraction of sp³-hybridized carbons (Fsp3) is 0.267. The number of nitrogens with one attached hydrogen (secondary N) is 1. The van der Waals surface area contributed by atoms with Crippen molar-refractivity contribution in [3.63, 3.8) is 0 Å². The number of aryl methyl sites for hydroxylation is 1. The molecular formula is C15H18BrN3O. The van der Waals surface area contributed by atoms with Crippen LogP contribution in [-0.2, 0) is 0 Å². The van der Waals surface area contributed by atoms with Crippen molar-refractivity contribution in [3.8, 4) is 5.88 Å². The molecule has 0 radical (unpaired) electrons. The molecule has 2 rings (SSSR count). The van der Waals surface area contributed by atoms with Crippen molar-refractivity contribution in [3.05, 3.63) is 52.1 Å². The molecular weight excluding hydrogens is 318 g/mol. The molecule has 0 spiro atoms. The minimum Gasteiger partial charge on any atom is -0.481 e. The summed E-state index contributed by atoms with van der Waals surface area (Å²) >= 11 is 3.54. The number of hydrogen-bond acceptors (Lipinski definition) is 4. The van der Waals surface area contributed by atoms with E-state index >= 15 is 0 Å². The first-order valence-corrected chi connectivity index (χ1v) is 7.16. The molecule has 1 atom stereocenters. The third-order valence-corrected chi connectivity index (χ3v) is 3.75. The summed E-state index contributed by atoms with van der Waals surface area (Å²) < 4.78 is 6.08. The second-order valence-corrected chi connectivity index (χ2v) is 5.40. The van der Waals surface area contributed by atoms with Crippen LogP contribution in [0.2, 0.25) is 0 Å². The monoisotopic (exact) mass is 335 g/mol. The average molecular weight is 336 g/mol. The predicted octanol–water partition coefficient (Wildman–Crippen LogP) is 3.27. The van der Waals surface area contributed by atoms with Crippen LogP contribution >= 0.6 is 15.9 Å². The summed E-state index contributed by atoms with van der Waals surface area (Å²) in [5.74, 6) is 0.598. The zero-order valence-corrected chi connectivity index (χ0v) is 13.1. The van der Waals surface area contributed by atoms with Gasteiger partial charge in [-0.2, -0.15) is 0 Å². The first-order valence-electron chi connectivity index (χ1n) is 6.36. The SMILES string of the molecule is COc1ccc(C(CN)Nc2cc(C)ccc2Br)cn1. The normalized spacial score (nSPS) is 12.0. The highest BCUT2D eigenvalue weighted by molar-refractivity contribution is 9.10. The third-order valence-electron chi connectivity index (χ3n) is 3.06. The molecule has 2 aromatic rings. The van der Waals surface area contributed by atoms with Crippen molar-refractivity contribution in [2.24, 2.45) is 5.73 Å². The van der Waals surface area contributed by atoms with Gasteiger partial charge in [-0.15, -0.1) is 0 Å². The van der Waals surface area contributed by atoms with Crippen LogP contribution in [0.25, 0.3) is 0 Å². The summed E-state index contributed by atoms with van der Waals surface area (Å²) in [4.78, 5) is 4.22. The maximum absolute atomic E-state index is 5.87. The van der Waals surface area contributed by atoms with E-state index in [4.69, 9.17) is 10.5 Å². The van der Waals surface area contributed by atoms with E-state index < -0.39 is 0 Å². The number of methoxy groups -OCH3 is 1. The molecule has 1 aromatic heterocycles. The number of anilines is 1. The van der Waals surface area contributed by atoms with Crippen LogP contribution in [0.1, 0.15) is 17.2 Å². The molecule has 5 heteroatoms. The van der Waals surface area contributed by atoms with Crippen molar-refractivity contribution in [2.45, 2.75) is 13.0 Å². The van der Waals surface area contributed by atoms with Gasteiger partial charge in [-0.1, -0.05) is 12.1 Å². The Kier molecular flexibility index (Phi) is 4.98. The molecule has 1 heterocycles. The second kappa shape index (κ2) is 6.72. The molecule has 20 heavy (non-hydrogen) atoms. The summed E-state index contributed by atoms with van der Waals surface area (Å²) in [6.07, 6.45) is 1.78. The van der Waals surface area contributed by atoms with Gasteiger partial charge < -0.3 is 15.8 Å². The number of hydrogen-bond donors (Lipinski definition) is 2. The average Bonchev–Trinajstić information content (AvgIpc) is 2.48. The van der Waals surface area contributed by atoms with E-state index in [0.29, 0.717) is 12.4 Å². The quantitative estimate of drug-likeness (QED) is 0.880. The van der Waals surface area contributed by atoms with Crippen LogP contribution in [0.15, 0.2) is 41.0 Å². The van der Waals surface area contributed by atoms with E-state index in [9.17, 15) is 0 Å². The Morgan fingerprint density at radius 1 is 1.35 bits per heavy atom. The summed E-state index contributed by atoms with van der Waals surface area (Å²) in [5.41, 5.74) is 9.12. The lowest BCUT2D eigenvalue weighted by Crippen LogP contribution is -2.21. The minimum atomic E-state index is 0.00602. The second-order valence-electron chi connectivity index (χ2n) is 4.55. The minimum absolute atomic E-state index is 0.00602. The highest BCUT2D eigenvalue weighted by Gasteiger charge is 2.12. The molecule has 1 unspecified atom stereocenters. The van der Waals surface area contributed by atoms with Crippen LogP contribution in [-0.4, -0.2) is 18.6 Å². The van der Waals surface area contributed by atoms with E-state index in [1.807, 2.05) is 18.2 Å². The molecule has 0 bridgehead atoms. The first-order chi connectivity index (χ1) is 9.63. The number of ether oxygens (including phenoxy) is 1. The van der Waals surface area contributed by atoms with Crippen LogP contribution in [0.3, 0.4) is 0 Å². The lowest BCUT2D eigenvalue weighted by atomic mass is 10.1. The lowest BCUT2D eigenvalue weighted by Gasteiger charge is -2.20. The molecule has 0 amide bonds. The van der Waals surface area contributed by atoms with E-state index in [1.54, 1.807) is 13.3 Å². The Balaban J connectivity index is 2.21. The largest absolute Gasteiger partial charge is 0.481 e. The summed E-state index contributed by atoms with van der Waals surface area (Å²) in [6, 6.07) is 9.99. The number of pyridine rings is 1. The number of halogens is 1. The van der Waals surface area contributed by atoms with Crippen LogP contribution in [0.4, 0.5) is 5.69 Å². The summed E-state index contributed by atoms with van der Waals surface area (Å²) in [7, 11) is 1.60. The van der Waals surface area contributed by atoms with Gasteiger partial charge in [0.05, 0.1) is 13.2 Å². The fourth-order valence-corrected chi connectivity index (χ4v) is 2.30. The Morgan fingerprint density at radius 3 is 2.75 bits per heavy atom. The molecule has 0 saturated carbocycles. The van der Waals surface area contributed by atoms with Gasteiger partial charge in [0.1, 0.15) is 0 Å². The van der Waals surface area contributed by atoms with Gasteiger partial charge in [0.2, 0.25) is 5.88 Å². The smallest absolute Gasteiger partial charge is 0.212 e. The van der Waals surface area contributed by atoms with Crippen molar-refractivity contribution in [2.75, 3.05) is 19.0 Å². The number of benzene rings is 1. The van der Waals surface area contributed by atoms with E-state index in [2.05, 4.69) is 45.3 Å². The van der Waals surface area contributed by atoms with Crippen LogP contribution in [0, 0.1) is 6.92 Å². The molecule has 0 saturated heterocycles. The maximum atomic E-state index is 5.87. The highest BCUT2D eigenvalue weighted by atomic mass is 79.9. The predicted molar refractivity (Wildman–Crippen MR) is 85.1 cm³/mol. The molecule has 0 fully saturated rings. The van der Waals surface area contributed by atoms with E-state index in [0.717, 1.165) is 15.7 Å². The zero-order valence-electron chi connectivity index (χ0n) is 11.6. The maximum Gasteiger partial charge on any atom is 0.212 e. The van der Waals surface area contributed by atoms with Gasteiger partial charge >= 0.3 is 0 Å². The third kappa shape index (κ3) is 3.49. The van der Waals surface area contributed by atoms with Gasteiger partial charge in [-0.3, -0.25) is 0 Å². The van der Waals surface area contributed by atoms with Crippen molar-refractivity contribution in [1.29, 1.82) is 0 Å². The van der Waals surface area contributed by atoms with Gasteiger partial charge in [0.25, 0.3) is 0 Å².